The van der Waals surface area contributed by atoms with Gasteiger partial charge in [-0.05, 0) is 51.3 Å². The van der Waals surface area contributed by atoms with E-state index in [2.05, 4.69) is 42.5 Å². The Bertz CT molecular complexity index is 906. The highest BCUT2D eigenvalue weighted by molar-refractivity contribution is 9.10. The fraction of sp³-hybridized carbons (Fsp3) is 0.250. The zero-order chi connectivity index (χ0) is 18.1. The first-order valence-electron chi connectivity index (χ1n) is 8.59. The monoisotopic (exact) mass is 412 g/mol. The van der Waals surface area contributed by atoms with Gasteiger partial charge < -0.3 is 15.0 Å². The number of hydrogen-bond acceptors (Lipinski definition) is 4. The van der Waals surface area contributed by atoms with Gasteiger partial charge in [-0.15, -0.1) is 0 Å². The van der Waals surface area contributed by atoms with Crippen LogP contribution in [0.4, 0.5) is 5.82 Å². The van der Waals surface area contributed by atoms with Gasteiger partial charge in [0.1, 0.15) is 11.6 Å². The van der Waals surface area contributed by atoms with Crippen molar-refractivity contribution in [1.82, 2.24) is 14.5 Å². The number of rotatable bonds is 4. The SMILES string of the molecule is COc1ccc(CN2CCn3c(N)c(-c4ccncc4)c(Br)c3C2)cc1. The lowest BCUT2D eigenvalue weighted by Crippen LogP contribution is -2.33. The largest absolute Gasteiger partial charge is 0.497 e. The lowest BCUT2D eigenvalue weighted by Gasteiger charge is -2.29. The first-order valence-corrected chi connectivity index (χ1v) is 9.38. The van der Waals surface area contributed by atoms with E-state index in [1.54, 1.807) is 19.5 Å². The van der Waals surface area contributed by atoms with Gasteiger partial charge in [-0.25, -0.2) is 0 Å². The first kappa shape index (κ1) is 17.1. The smallest absolute Gasteiger partial charge is 0.118 e. The number of pyridine rings is 1. The number of aromatic nitrogens is 2. The number of nitrogens with zero attached hydrogens (tertiary/aromatic N) is 3. The second kappa shape index (κ2) is 7.13. The second-order valence-electron chi connectivity index (χ2n) is 6.47. The summed E-state index contributed by atoms with van der Waals surface area (Å²) in [6.45, 7) is 3.63. The zero-order valence-electron chi connectivity index (χ0n) is 14.7. The minimum atomic E-state index is 0.821. The molecule has 3 heterocycles. The molecule has 0 saturated carbocycles. The molecule has 134 valence electrons. The van der Waals surface area contributed by atoms with E-state index in [-0.39, 0.29) is 0 Å². The standard InChI is InChI=1S/C20H21BrN4O/c1-26-16-4-2-14(3-5-16)12-24-10-11-25-17(13-24)19(21)18(20(25)22)15-6-8-23-9-7-15/h2-9H,10-13,22H2,1H3. The van der Waals surface area contributed by atoms with Gasteiger partial charge in [0.05, 0.1) is 7.11 Å². The summed E-state index contributed by atoms with van der Waals surface area (Å²) in [5, 5.41) is 0. The molecular formula is C20H21BrN4O. The molecule has 2 N–H and O–H groups in total. The summed E-state index contributed by atoms with van der Waals surface area (Å²) < 4.78 is 8.55. The summed E-state index contributed by atoms with van der Waals surface area (Å²) in [7, 11) is 1.69. The molecule has 0 fully saturated rings. The third kappa shape index (κ3) is 3.10. The van der Waals surface area contributed by atoms with Crippen molar-refractivity contribution in [1.29, 1.82) is 0 Å². The van der Waals surface area contributed by atoms with Crippen LogP contribution in [0.15, 0.2) is 53.3 Å². The van der Waals surface area contributed by atoms with Crippen molar-refractivity contribution in [2.24, 2.45) is 0 Å². The van der Waals surface area contributed by atoms with Crippen LogP contribution < -0.4 is 10.5 Å². The molecule has 3 aromatic rings. The maximum atomic E-state index is 6.47. The Balaban J connectivity index is 1.58. The van der Waals surface area contributed by atoms with Crippen molar-refractivity contribution < 1.29 is 4.74 Å². The number of benzene rings is 1. The normalized spacial score (nSPS) is 14.2. The maximum Gasteiger partial charge on any atom is 0.118 e. The van der Waals surface area contributed by atoms with Gasteiger partial charge in [0.15, 0.2) is 0 Å². The summed E-state index contributed by atoms with van der Waals surface area (Å²) in [5.41, 5.74) is 11.1. The van der Waals surface area contributed by atoms with Crippen LogP contribution in [0.1, 0.15) is 11.3 Å². The quantitative estimate of drug-likeness (QED) is 0.705. The molecule has 2 aromatic heterocycles. The molecule has 0 amide bonds. The highest BCUT2D eigenvalue weighted by atomic mass is 79.9. The number of hydrogen-bond donors (Lipinski definition) is 1. The Labute approximate surface area is 161 Å². The third-order valence-electron chi connectivity index (χ3n) is 4.89. The van der Waals surface area contributed by atoms with Crippen molar-refractivity contribution in [2.75, 3.05) is 19.4 Å². The van der Waals surface area contributed by atoms with Crippen LogP contribution in [-0.4, -0.2) is 28.1 Å². The molecule has 0 radical (unpaired) electrons. The predicted molar refractivity (Wildman–Crippen MR) is 107 cm³/mol. The van der Waals surface area contributed by atoms with Crippen molar-refractivity contribution in [3.8, 4) is 16.9 Å². The molecule has 1 aliphatic rings. The Morgan fingerprint density at radius 1 is 1.12 bits per heavy atom. The van der Waals surface area contributed by atoms with Crippen LogP contribution in [-0.2, 0) is 19.6 Å². The lowest BCUT2D eigenvalue weighted by molar-refractivity contribution is 0.213. The Morgan fingerprint density at radius 2 is 1.85 bits per heavy atom. The highest BCUT2D eigenvalue weighted by Gasteiger charge is 2.25. The Kier molecular flexibility index (Phi) is 4.70. The van der Waals surface area contributed by atoms with E-state index >= 15 is 0 Å². The topological polar surface area (TPSA) is 56.3 Å². The lowest BCUT2D eigenvalue weighted by atomic mass is 10.1. The molecule has 1 aliphatic heterocycles. The van der Waals surface area contributed by atoms with Crippen molar-refractivity contribution in [2.45, 2.75) is 19.6 Å². The minimum absolute atomic E-state index is 0.821. The van der Waals surface area contributed by atoms with E-state index in [1.165, 1.54) is 11.3 Å². The third-order valence-corrected chi connectivity index (χ3v) is 5.75. The number of nitrogens with two attached hydrogens (primary N) is 1. The van der Waals surface area contributed by atoms with Gasteiger partial charge in [-0.3, -0.25) is 9.88 Å². The molecule has 6 heteroatoms. The van der Waals surface area contributed by atoms with Gasteiger partial charge >= 0.3 is 0 Å². The molecule has 0 atom stereocenters. The average molecular weight is 413 g/mol. The van der Waals surface area contributed by atoms with Crippen LogP contribution in [0.25, 0.3) is 11.1 Å². The average Bonchev–Trinajstić information content (AvgIpc) is 2.93. The summed E-state index contributed by atoms with van der Waals surface area (Å²) in [6, 6.07) is 12.3. The zero-order valence-corrected chi connectivity index (χ0v) is 16.2. The summed E-state index contributed by atoms with van der Waals surface area (Å²) in [6.07, 6.45) is 3.60. The molecule has 4 rings (SSSR count). The van der Waals surface area contributed by atoms with Gasteiger partial charge in [0.25, 0.3) is 0 Å². The molecule has 0 unspecified atom stereocenters. The van der Waals surface area contributed by atoms with Gasteiger partial charge in [0, 0.05) is 54.3 Å². The summed E-state index contributed by atoms with van der Waals surface area (Å²) in [4.78, 5) is 6.55. The number of anilines is 1. The van der Waals surface area contributed by atoms with Crippen LogP contribution in [0.5, 0.6) is 5.75 Å². The first-order chi connectivity index (χ1) is 12.7. The molecule has 0 aliphatic carbocycles. The van der Waals surface area contributed by atoms with E-state index in [0.717, 1.165) is 53.3 Å². The van der Waals surface area contributed by atoms with E-state index in [1.807, 2.05) is 24.3 Å². The van der Waals surface area contributed by atoms with E-state index in [9.17, 15) is 0 Å². The number of fused-ring (bicyclic) bond motifs is 1. The van der Waals surface area contributed by atoms with E-state index in [4.69, 9.17) is 10.5 Å². The molecule has 0 saturated heterocycles. The van der Waals surface area contributed by atoms with Gasteiger partial charge in [0.2, 0.25) is 0 Å². The van der Waals surface area contributed by atoms with Crippen LogP contribution >= 0.6 is 15.9 Å². The Hall–Kier alpha value is -2.31. The minimum Gasteiger partial charge on any atom is -0.497 e. The van der Waals surface area contributed by atoms with Crippen molar-refractivity contribution >= 4 is 21.7 Å². The molecular weight excluding hydrogens is 392 g/mol. The molecule has 0 spiro atoms. The number of nitrogen functional groups attached to an aromatic ring is 1. The van der Waals surface area contributed by atoms with Crippen LogP contribution in [0, 0.1) is 0 Å². The highest BCUT2D eigenvalue weighted by Crippen LogP contribution is 2.40. The fourth-order valence-electron chi connectivity index (χ4n) is 3.52. The Morgan fingerprint density at radius 3 is 2.54 bits per heavy atom. The molecule has 0 bridgehead atoms. The van der Waals surface area contributed by atoms with E-state index in [0.29, 0.717) is 0 Å². The van der Waals surface area contributed by atoms with Gasteiger partial charge in [-0.2, -0.15) is 0 Å². The maximum absolute atomic E-state index is 6.47. The van der Waals surface area contributed by atoms with E-state index < -0.39 is 0 Å². The molecule has 1 aromatic carbocycles. The second-order valence-corrected chi connectivity index (χ2v) is 7.26. The van der Waals surface area contributed by atoms with Crippen molar-refractivity contribution in [3.05, 3.63) is 64.5 Å². The number of halogens is 1. The number of ether oxygens (including phenoxy) is 1. The predicted octanol–water partition coefficient (Wildman–Crippen LogP) is 3.92. The summed E-state index contributed by atoms with van der Waals surface area (Å²) >= 11 is 3.79. The van der Waals surface area contributed by atoms with Crippen LogP contribution in [0.3, 0.4) is 0 Å². The summed E-state index contributed by atoms with van der Waals surface area (Å²) in [5.74, 6) is 1.71. The molecule has 26 heavy (non-hydrogen) atoms. The number of methoxy groups -OCH3 is 1. The van der Waals surface area contributed by atoms with Gasteiger partial charge in [-0.1, -0.05) is 12.1 Å². The molecule has 5 nitrogen and oxygen atoms in total. The van der Waals surface area contributed by atoms with Crippen LogP contribution in [0.2, 0.25) is 0 Å². The fourth-order valence-corrected chi connectivity index (χ4v) is 4.29. The van der Waals surface area contributed by atoms with Crippen molar-refractivity contribution in [3.63, 3.8) is 0 Å².